The van der Waals surface area contributed by atoms with Crippen LogP contribution in [0.3, 0.4) is 0 Å². The molecule has 0 aromatic rings. The smallest absolute Gasteiger partial charge is 0.104 e. The third kappa shape index (κ3) is 14.3. The highest BCUT2D eigenvalue weighted by atomic mass is 32.2. The van der Waals surface area contributed by atoms with Gasteiger partial charge < -0.3 is 0 Å². The Kier molecular flexibility index (Phi) is 15.7. The van der Waals surface area contributed by atoms with E-state index in [-0.39, 0.29) is 0 Å². The zero-order valence-corrected chi connectivity index (χ0v) is 16.9. The summed E-state index contributed by atoms with van der Waals surface area (Å²) in [5.41, 5.74) is 0. The highest BCUT2D eigenvalue weighted by molar-refractivity contribution is 8.47. The number of rotatable bonds is 11. The maximum atomic E-state index is 5.41. The lowest BCUT2D eigenvalue weighted by atomic mass is 10.2. The first kappa shape index (κ1) is 20.6. The minimum atomic E-state index is 0.726. The van der Waals surface area contributed by atoms with Gasteiger partial charge in [0.25, 0.3) is 0 Å². The molecule has 0 spiro atoms. The van der Waals surface area contributed by atoms with Crippen molar-refractivity contribution in [2.24, 2.45) is 0 Å². The molecule has 0 heterocycles. The Morgan fingerprint density at radius 2 is 1.74 bits per heavy atom. The summed E-state index contributed by atoms with van der Waals surface area (Å²) in [4.78, 5) is 1.13. The number of hydrogen-bond donors (Lipinski definition) is 0. The van der Waals surface area contributed by atoms with Crippen molar-refractivity contribution < 1.29 is 0 Å². The van der Waals surface area contributed by atoms with Crippen molar-refractivity contribution in [2.75, 3.05) is 29.8 Å². The molecule has 1 atom stereocenters. The van der Waals surface area contributed by atoms with Gasteiger partial charge in [0, 0.05) is 16.8 Å². The van der Waals surface area contributed by atoms with Gasteiger partial charge in [0.1, 0.15) is 3.53 Å². The van der Waals surface area contributed by atoms with Crippen LogP contribution >= 0.6 is 71.5 Å². The van der Waals surface area contributed by atoms with Crippen molar-refractivity contribution >= 4 is 79.9 Å². The minimum Gasteiger partial charge on any atom is -0.164 e. The molecule has 0 aliphatic rings. The summed E-state index contributed by atoms with van der Waals surface area (Å²) in [5, 5.41) is 0.726. The minimum absolute atomic E-state index is 0.726. The fourth-order valence-electron chi connectivity index (χ4n) is 1.38. The Balaban J connectivity index is 3.46. The van der Waals surface area contributed by atoms with E-state index in [1.807, 2.05) is 54.0 Å². The van der Waals surface area contributed by atoms with Gasteiger partial charge >= 0.3 is 0 Å². The SMILES string of the molecule is CSCC(CSC(=S)SCCCCCC(C)=S)SC. The molecule has 0 radical (unpaired) electrons. The van der Waals surface area contributed by atoms with Crippen molar-refractivity contribution in [3.63, 3.8) is 0 Å². The van der Waals surface area contributed by atoms with E-state index in [4.69, 9.17) is 24.4 Å². The van der Waals surface area contributed by atoms with E-state index in [1.54, 1.807) is 0 Å². The quantitative estimate of drug-likeness (QED) is 0.330. The predicted octanol–water partition coefficient (Wildman–Crippen LogP) is 5.78. The largest absolute Gasteiger partial charge is 0.164 e. The molecule has 0 rings (SSSR count). The molecule has 6 heteroatoms. The van der Waals surface area contributed by atoms with Gasteiger partial charge in [-0.1, -0.05) is 30.9 Å². The van der Waals surface area contributed by atoms with Crippen molar-refractivity contribution in [1.29, 1.82) is 0 Å². The van der Waals surface area contributed by atoms with Gasteiger partial charge in [-0.3, -0.25) is 0 Å². The van der Waals surface area contributed by atoms with Crippen molar-refractivity contribution in [2.45, 2.75) is 37.9 Å². The van der Waals surface area contributed by atoms with Crippen LogP contribution in [-0.2, 0) is 0 Å². The molecule has 0 aliphatic carbocycles. The molecule has 0 aliphatic heterocycles. The van der Waals surface area contributed by atoms with Gasteiger partial charge in [-0.15, -0.1) is 23.5 Å². The topological polar surface area (TPSA) is 0 Å². The Hall–Kier alpha value is 1.58. The summed E-state index contributed by atoms with van der Waals surface area (Å²) >= 11 is 18.1. The van der Waals surface area contributed by atoms with Crippen molar-refractivity contribution in [3.8, 4) is 0 Å². The lowest BCUT2D eigenvalue weighted by Gasteiger charge is -2.12. The number of thioether (sulfide) groups is 4. The van der Waals surface area contributed by atoms with Gasteiger partial charge in [0.05, 0.1) is 0 Å². The van der Waals surface area contributed by atoms with Gasteiger partial charge in [-0.25, -0.2) is 0 Å². The molecule has 0 N–H and O–H groups in total. The molecular weight excluding hydrogens is 349 g/mol. The van der Waals surface area contributed by atoms with E-state index < -0.39 is 0 Å². The normalized spacial score (nSPS) is 12.4. The summed E-state index contributed by atoms with van der Waals surface area (Å²) in [6, 6.07) is 0. The van der Waals surface area contributed by atoms with E-state index in [0.29, 0.717) is 0 Å². The molecule has 0 aromatic heterocycles. The molecule has 0 fully saturated rings. The maximum Gasteiger partial charge on any atom is 0.104 e. The molecule has 0 saturated carbocycles. The highest BCUT2D eigenvalue weighted by Gasteiger charge is 2.08. The average molecular weight is 373 g/mol. The van der Waals surface area contributed by atoms with Crippen LogP contribution in [-0.4, -0.2) is 43.4 Å². The average Bonchev–Trinajstić information content (AvgIpc) is 2.38. The Labute approximate surface area is 146 Å². The van der Waals surface area contributed by atoms with Crippen LogP contribution in [0, 0.1) is 0 Å². The van der Waals surface area contributed by atoms with Crippen molar-refractivity contribution in [1.82, 2.24) is 0 Å². The maximum absolute atomic E-state index is 5.41. The monoisotopic (exact) mass is 372 g/mol. The van der Waals surface area contributed by atoms with E-state index in [0.717, 1.165) is 31.6 Å². The molecule has 1 unspecified atom stereocenters. The summed E-state index contributed by atoms with van der Waals surface area (Å²) < 4.78 is 1.12. The van der Waals surface area contributed by atoms with Gasteiger partial charge in [-0.2, -0.15) is 23.5 Å². The summed E-state index contributed by atoms with van der Waals surface area (Å²) in [6.07, 6.45) is 9.22. The first-order chi connectivity index (χ1) is 9.10. The molecular formula is C13H24S6. The molecule has 0 amide bonds. The lowest BCUT2D eigenvalue weighted by Crippen LogP contribution is -2.09. The lowest BCUT2D eigenvalue weighted by molar-refractivity contribution is 0.750. The van der Waals surface area contributed by atoms with Gasteiger partial charge in [-0.05, 0) is 49.3 Å². The second-order valence-corrected chi connectivity index (χ2v) is 10.3. The van der Waals surface area contributed by atoms with Crippen LogP contribution in [0.25, 0.3) is 0 Å². The number of unbranched alkanes of at least 4 members (excludes halogenated alkanes) is 2. The first-order valence-electron chi connectivity index (χ1n) is 6.40. The zero-order chi connectivity index (χ0) is 14.5. The van der Waals surface area contributed by atoms with Crippen LogP contribution in [0.15, 0.2) is 0 Å². The standard InChI is InChI=1S/C13H24S6/c1-11(14)7-5-4-6-8-18-13(15)19-10-12(17-3)9-16-2/h12H,4-10H2,1-3H3. The third-order valence-corrected chi connectivity index (χ3v) is 7.78. The van der Waals surface area contributed by atoms with Gasteiger partial charge in [0.15, 0.2) is 0 Å². The van der Waals surface area contributed by atoms with E-state index in [1.165, 1.54) is 25.0 Å². The predicted molar refractivity (Wildman–Crippen MR) is 110 cm³/mol. The summed E-state index contributed by atoms with van der Waals surface area (Å²) in [6.45, 7) is 2.03. The Morgan fingerprint density at radius 3 is 2.32 bits per heavy atom. The second-order valence-electron chi connectivity index (χ2n) is 4.24. The van der Waals surface area contributed by atoms with Crippen LogP contribution in [0.4, 0.5) is 0 Å². The van der Waals surface area contributed by atoms with Crippen LogP contribution in [0.2, 0.25) is 0 Å². The van der Waals surface area contributed by atoms with Gasteiger partial charge in [0.2, 0.25) is 0 Å². The second kappa shape index (κ2) is 14.5. The number of thiocarbonyl (C=S) groups is 2. The van der Waals surface area contributed by atoms with E-state index in [2.05, 4.69) is 12.5 Å². The molecule has 112 valence electrons. The van der Waals surface area contributed by atoms with Crippen LogP contribution < -0.4 is 0 Å². The first-order valence-corrected chi connectivity index (χ1v) is 11.9. The summed E-state index contributed by atoms with van der Waals surface area (Å²) in [7, 11) is 0. The fraction of sp³-hybridized carbons (Fsp3) is 0.846. The fourth-order valence-corrected chi connectivity index (χ4v) is 6.06. The Morgan fingerprint density at radius 1 is 1.00 bits per heavy atom. The Bertz CT molecular complexity index is 254. The number of hydrogen-bond acceptors (Lipinski definition) is 6. The van der Waals surface area contributed by atoms with E-state index >= 15 is 0 Å². The molecule has 0 aromatic carbocycles. The van der Waals surface area contributed by atoms with Crippen molar-refractivity contribution in [3.05, 3.63) is 0 Å². The zero-order valence-electron chi connectivity index (χ0n) is 12.0. The van der Waals surface area contributed by atoms with E-state index in [9.17, 15) is 0 Å². The summed E-state index contributed by atoms with van der Waals surface area (Å²) in [5.74, 6) is 3.53. The molecule has 0 saturated heterocycles. The highest BCUT2D eigenvalue weighted by Crippen LogP contribution is 2.24. The van der Waals surface area contributed by atoms with Crippen LogP contribution in [0.5, 0.6) is 0 Å². The molecule has 0 bridgehead atoms. The third-order valence-electron chi connectivity index (χ3n) is 2.47. The molecule has 19 heavy (non-hydrogen) atoms. The van der Waals surface area contributed by atoms with Crippen LogP contribution in [0.1, 0.15) is 32.6 Å². The molecule has 0 nitrogen and oxygen atoms in total.